The maximum atomic E-state index is 12.0. The number of carbonyl (C=O) groups excluding carboxylic acids is 1. The summed E-state index contributed by atoms with van der Waals surface area (Å²) in [6.45, 7) is 3.40. The lowest BCUT2D eigenvalue weighted by molar-refractivity contribution is -0.384. The lowest BCUT2D eigenvalue weighted by Gasteiger charge is -2.28. The van der Waals surface area contributed by atoms with Gasteiger partial charge in [-0.1, -0.05) is 26.0 Å². The summed E-state index contributed by atoms with van der Waals surface area (Å²) in [5.74, 6) is -1.49. The quantitative estimate of drug-likeness (QED) is 0.589. The number of carboxylic acid groups (broad SMARTS) is 1. The van der Waals surface area contributed by atoms with Crippen molar-refractivity contribution in [3.8, 4) is 0 Å². The molecule has 0 aliphatic carbocycles. The number of rotatable bonds is 7. The molecule has 0 atom stereocenters. The first-order valence-corrected chi connectivity index (χ1v) is 6.62. The highest BCUT2D eigenvalue weighted by molar-refractivity contribution is 5.87. The highest BCUT2D eigenvalue weighted by Gasteiger charge is 2.36. The van der Waals surface area contributed by atoms with Crippen molar-refractivity contribution >= 4 is 17.6 Å². The van der Waals surface area contributed by atoms with Gasteiger partial charge in [-0.2, -0.15) is 0 Å². The van der Waals surface area contributed by atoms with Crippen LogP contribution in [0.1, 0.15) is 32.3 Å². The van der Waals surface area contributed by atoms with E-state index in [1.807, 2.05) is 0 Å². The van der Waals surface area contributed by atoms with E-state index in [1.54, 1.807) is 13.8 Å². The Morgan fingerprint density at radius 3 is 2.14 bits per heavy atom. The van der Waals surface area contributed by atoms with Crippen molar-refractivity contribution in [1.29, 1.82) is 0 Å². The number of amides is 1. The van der Waals surface area contributed by atoms with E-state index in [2.05, 4.69) is 5.32 Å². The highest BCUT2D eigenvalue weighted by Crippen LogP contribution is 2.17. The van der Waals surface area contributed by atoms with Crippen LogP contribution in [0.2, 0.25) is 0 Å². The lowest BCUT2D eigenvalue weighted by atomic mass is 9.92. The summed E-state index contributed by atoms with van der Waals surface area (Å²) in [5.41, 5.74) is -0.733. The molecule has 0 spiro atoms. The molecule has 114 valence electrons. The summed E-state index contributed by atoms with van der Waals surface area (Å²) in [6, 6.07) is 5.59. The zero-order valence-corrected chi connectivity index (χ0v) is 12.0. The topological polar surface area (TPSA) is 110 Å². The number of hydrogen-bond acceptors (Lipinski definition) is 4. The van der Waals surface area contributed by atoms with Crippen molar-refractivity contribution in [2.24, 2.45) is 0 Å². The third-order valence-corrected chi connectivity index (χ3v) is 3.51. The lowest BCUT2D eigenvalue weighted by Crippen LogP contribution is -2.54. The van der Waals surface area contributed by atoms with E-state index in [0.29, 0.717) is 5.56 Å². The first-order valence-electron chi connectivity index (χ1n) is 6.62. The number of non-ortho nitro benzene ring substituents is 1. The van der Waals surface area contributed by atoms with Crippen LogP contribution in [-0.2, 0) is 16.0 Å². The van der Waals surface area contributed by atoms with Crippen LogP contribution < -0.4 is 5.32 Å². The number of nitro benzene ring substituents is 1. The molecular formula is C14H18N2O5. The Labute approximate surface area is 122 Å². The van der Waals surface area contributed by atoms with Crippen molar-refractivity contribution in [3.05, 3.63) is 39.9 Å². The van der Waals surface area contributed by atoms with E-state index >= 15 is 0 Å². The average Bonchev–Trinajstić information content (AvgIpc) is 2.45. The van der Waals surface area contributed by atoms with Crippen LogP contribution in [0.3, 0.4) is 0 Å². The molecule has 1 rings (SSSR count). The summed E-state index contributed by atoms with van der Waals surface area (Å²) in [5, 5.41) is 22.3. The van der Waals surface area contributed by atoms with Crippen molar-refractivity contribution in [2.45, 2.75) is 38.6 Å². The second-order valence-corrected chi connectivity index (χ2v) is 4.74. The van der Waals surface area contributed by atoms with Gasteiger partial charge in [-0.3, -0.25) is 14.9 Å². The van der Waals surface area contributed by atoms with Gasteiger partial charge in [0.15, 0.2) is 0 Å². The van der Waals surface area contributed by atoms with Crippen LogP contribution in [0.25, 0.3) is 0 Å². The molecule has 0 saturated carbocycles. The third-order valence-electron chi connectivity index (χ3n) is 3.51. The van der Waals surface area contributed by atoms with Crippen molar-refractivity contribution in [3.63, 3.8) is 0 Å². The number of carboxylic acids is 1. The summed E-state index contributed by atoms with van der Waals surface area (Å²) >= 11 is 0. The van der Waals surface area contributed by atoms with Gasteiger partial charge < -0.3 is 10.4 Å². The van der Waals surface area contributed by atoms with E-state index in [1.165, 1.54) is 24.3 Å². The van der Waals surface area contributed by atoms with Crippen LogP contribution in [0.5, 0.6) is 0 Å². The fourth-order valence-electron chi connectivity index (χ4n) is 2.01. The molecule has 0 bridgehead atoms. The van der Waals surface area contributed by atoms with Gasteiger partial charge in [0.2, 0.25) is 5.91 Å². The molecule has 1 aromatic rings. The van der Waals surface area contributed by atoms with Gasteiger partial charge in [0.25, 0.3) is 5.69 Å². The Kier molecular flexibility index (Phi) is 5.40. The number of nitrogens with one attached hydrogen (secondary N) is 1. The smallest absolute Gasteiger partial charge is 0.329 e. The molecule has 0 heterocycles. The number of hydrogen-bond donors (Lipinski definition) is 2. The molecule has 7 heteroatoms. The number of aliphatic carboxylic acids is 1. The van der Waals surface area contributed by atoms with Gasteiger partial charge >= 0.3 is 5.97 Å². The number of nitro groups is 1. The third kappa shape index (κ3) is 4.01. The number of benzene rings is 1. The summed E-state index contributed by atoms with van der Waals surface area (Å²) in [6.07, 6.45) is 0.544. The fraction of sp³-hybridized carbons (Fsp3) is 0.429. The number of carbonyl (C=O) groups is 2. The molecular weight excluding hydrogens is 276 g/mol. The highest BCUT2D eigenvalue weighted by atomic mass is 16.6. The zero-order valence-electron chi connectivity index (χ0n) is 12.0. The molecule has 0 aliphatic heterocycles. The second-order valence-electron chi connectivity index (χ2n) is 4.74. The Balaban J connectivity index is 2.77. The van der Waals surface area contributed by atoms with Gasteiger partial charge in [0.1, 0.15) is 5.54 Å². The molecule has 21 heavy (non-hydrogen) atoms. The molecule has 0 aromatic heterocycles. The Hall–Kier alpha value is -2.44. The van der Waals surface area contributed by atoms with Crippen LogP contribution in [0.15, 0.2) is 24.3 Å². The summed E-state index contributed by atoms with van der Waals surface area (Å²) in [7, 11) is 0. The van der Waals surface area contributed by atoms with Gasteiger partial charge in [-0.05, 0) is 18.4 Å². The summed E-state index contributed by atoms with van der Waals surface area (Å²) in [4.78, 5) is 33.3. The molecule has 0 fully saturated rings. The van der Waals surface area contributed by atoms with Crippen molar-refractivity contribution < 1.29 is 19.6 Å². The fourth-order valence-corrected chi connectivity index (χ4v) is 2.01. The van der Waals surface area contributed by atoms with Crippen LogP contribution in [0.4, 0.5) is 5.69 Å². The van der Waals surface area contributed by atoms with E-state index in [4.69, 9.17) is 0 Å². The predicted octanol–water partition coefficient (Wildman–Crippen LogP) is 1.90. The molecule has 0 saturated heterocycles. The Morgan fingerprint density at radius 1 is 1.24 bits per heavy atom. The standard InChI is InChI=1S/C14H18N2O5/c1-3-14(4-2,13(18)19)15-12(17)9-10-5-7-11(8-6-10)16(20)21/h5-8H,3-4,9H2,1-2H3,(H,15,17)(H,18,19). The normalized spacial score (nSPS) is 11.0. The molecule has 1 aromatic carbocycles. The number of nitrogens with zero attached hydrogens (tertiary/aromatic N) is 1. The SMILES string of the molecule is CCC(CC)(NC(=O)Cc1ccc([N+](=O)[O-])cc1)C(=O)O. The molecule has 2 N–H and O–H groups in total. The zero-order chi connectivity index (χ0) is 16.0. The van der Waals surface area contributed by atoms with E-state index in [-0.39, 0.29) is 24.9 Å². The molecule has 0 unspecified atom stereocenters. The maximum Gasteiger partial charge on any atom is 0.329 e. The minimum Gasteiger partial charge on any atom is -0.480 e. The minimum atomic E-state index is -1.27. The predicted molar refractivity (Wildman–Crippen MR) is 75.9 cm³/mol. The van der Waals surface area contributed by atoms with Crippen LogP contribution in [-0.4, -0.2) is 27.4 Å². The molecule has 0 radical (unpaired) electrons. The average molecular weight is 294 g/mol. The Bertz CT molecular complexity index is 535. The van der Waals surface area contributed by atoms with Gasteiger partial charge in [0, 0.05) is 12.1 Å². The largest absolute Gasteiger partial charge is 0.480 e. The van der Waals surface area contributed by atoms with E-state index < -0.39 is 22.3 Å². The molecule has 7 nitrogen and oxygen atoms in total. The van der Waals surface area contributed by atoms with Gasteiger partial charge in [0.05, 0.1) is 11.3 Å². The first kappa shape index (κ1) is 16.6. The first-order chi connectivity index (χ1) is 9.84. The maximum absolute atomic E-state index is 12.0. The molecule has 1 amide bonds. The minimum absolute atomic E-state index is 0.0208. The monoisotopic (exact) mass is 294 g/mol. The van der Waals surface area contributed by atoms with E-state index in [9.17, 15) is 24.8 Å². The Morgan fingerprint density at radius 2 is 1.76 bits per heavy atom. The van der Waals surface area contributed by atoms with Crippen molar-refractivity contribution in [1.82, 2.24) is 5.32 Å². The van der Waals surface area contributed by atoms with Crippen LogP contribution >= 0.6 is 0 Å². The molecule has 0 aliphatic rings. The van der Waals surface area contributed by atoms with Gasteiger partial charge in [-0.25, -0.2) is 4.79 Å². The van der Waals surface area contributed by atoms with Crippen molar-refractivity contribution in [2.75, 3.05) is 0 Å². The second kappa shape index (κ2) is 6.83. The summed E-state index contributed by atoms with van der Waals surface area (Å²) < 4.78 is 0. The van der Waals surface area contributed by atoms with Gasteiger partial charge in [-0.15, -0.1) is 0 Å². The van der Waals surface area contributed by atoms with E-state index in [0.717, 1.165) is 0 Å². The van der Waals surface area contributed by atoms with Crippen LogP contribution in [0, 0.1) is 10.1 Å².